The van der Waals surface area contributed by atoms with Gasteiger partial charge in [-0.2, -0.15) is 0 Å². The molecule has 0 amide bonds. The summed E-state index contributed by atoms with van der Waals surface area (Å²) in [6, 6.07) is 0.443. The van der Waals surface area contributed by atoms with Gasteiger partial charge in [0.15, 0.2) is 5.96 Å². The molecule has 0 bridgehead atoms. The predicted molar refractivity (Wildman–Crippen MR) is 101 cm³/mol. The van der Waals surface area contributed by atoms with E-state index < -0.39 is 0 Å². The van der Waals surface area contributed by atoms with E-state index in [1.54, 1.807) is 0 Å². The minimum atomic E-state index is 0. The van der Waals surface area contributed by atoms with Gasteiger partial charge >= 0.3 is 0 Å². The lowest BCUT2D eigenvalue weighted by Crippen LogP contribution is -2.42. The molecule has 0 aliphatic rings. The predicted octanol–water partition coefficient (Wildman–Crippen LogP) is 2.86. The summed E-state index contributed by atoms with van der Waals surface area (Å²) in [5.41, 5.74) is 0. The molecule has 0 heterocycles. The van der Waals surface area contributed by atoms with Gasteiger partial charge in [-0.05, 0) is 46.3 Å². The molecule has 0 aromatic rings. The molecule has 0 fully saturated rings. The van der Waals surface area contributed by atoms with Crippen molar-refractivity contribution in [2.45, 2.75) is 46.6 Å². The summed E-state index contributed by atoms with van der Waals surface area (Å²) in [6.45, 7) is 17.4. The molecule has 0 aliphatic heterocycles. The standard InChI is InChI=1S/C15H32N4.HI/c1-6-12-17-15(16-7-2)18-14(5)11-10-13-19(8-3)9-4;/h6,14H,1,7-13H2,2-5H3,(H2,16,17,18);1H. The van der Waals surface area contributed by atoms with Crippen molar-refractivity contribution in [2.75, 3.05) is 32.7 Å². The lowest BCUT2D eigenvalue weighted by molar-refractivity contribution is 0.292. The van der Waals surface area contributed by atoms with E-state index >= 15 is 0 Å². The van der Waals surface area contributed by atoms with Crippen LogP contribution in [-0.2, 0) is 0 Å². The van der Waals surface area contributed by atoms with Crippen molar-refractivity contribution in [2.24, 2.45) is 4.99 Å². The van der Waals surface area contributed by atoms with Crippen LogP contribution >= 0.6 is 24.0 Å². The van der Waals surface area contributed by atoms with Crippen molar-refractivity contribution in [1.29, 1.82) is 0 Å². The van der Waals surface area contributed by atoms with Gasteiger partial charge in [-0.15, -0.1) is 30.6 Å². The Morgan fingerprint density at radius 1 is 1.30 bits per heavy atom. The number of halogens is 1. The van der Waals surface area contributed by atoms with Crippen molar-refractivity contribution in [1.82, 2.24) is 15.5 Å². The second-order valence-corrected chi connectivity index (χ2v) is 4.72. The number of nitrogens with one attached hydrogen (secondary N) is 2. The van der Waals surface area contributed by atoms with Crippen LogP contribution in [0.25, 0.3) is 0 Å². The zero-order chi connectivity index (χ0) is 14.5. The Kier molecular flexibility index (Phi) is 16.6. The molecule has 0 aliphatic carbocycles. The molecule has 0 spiro atoms. The highest BCUT2D eigenvalue weighted by molar-refractivity contribution is 14.0. The van der Waals surface area contributed by atoms with Crippen molar-refractivity contribution in [3.8, 4) is 0 Å². The van der Waals surface area contributed by atoms with Crippen LogP contribution in [-0.4, -0.2) is 49.6 Å². The number of hydrogen-bond donors (Lipinski definition) is 2. The van der Waals surface area contributed by atoms with Crippen molar-refractivity contribution in [3.05, 3.63) is 12.7 Å². The van der Waals surface area contributed by atoms with Crippen LogP contribution in [0.4, 0.5) is 0 Å². The van der Waals surface area contributed by atoms with Crippen LogP contribution in [0.15, 0.2) is 17.6 Å². The van der Waals surface area contributed by atoms with Gasteiger partial charge in [0, 0.05) is 12.6 Å². The highest BCUT2D eigenvalue weighted by Crippen LogP contribution is 1.99. The molecule has 0 saturated carbocycles. The van der Waals surface area contributed by atoms with E-state index in [0.717, 1.165) is 32.0 Å². The molecule has 20 heavy (non-hydrogen) atoms. The zero-order valence-electron chi connectivity index (χ0n) is 13.6. The summed E-state index contributed by atoms with van der Waals surface area (Å²) in [5, 5.41) is 6.69. The first-order valence-corrected chi connectivity index (χ1v) is 7.55. The smallest absolute Gasteiger partial charge is 0.191 e. The second kappa shape index (κ2) is 15.1. The third kappa shape index (κ3) is 11.5. The van der Waals surface area contributed by atoms with E-state index in [0.29, 0.717) is 12.6 Å². The number of nitrogens with zero attached hydrogens (tertiary/aromatic N) is 2. The normalized spacial score (nSPS) is 12.8. The monoisotopic (exact) mass is 396 g/mol. The summed E-state index contributed by atoms with van der Waals surface area (Å²) in [4.78, 5) is 6.88. The maximum atomic E-state index is 4.41. The number of rotatable bonds is 10. The highest BCUT2D eigenvalue weighted by atomic mass is 127. The summed E-state index contributed by atoms with van der Waals surface area (Å²) in [6.07, 6.45) is 4.19. The first-order valence-electron chi connectivity index (χ1n) is 7.55. The van der Waals surface area contributed by atoms with Crippen molar-refractivity contribution >= 4 is 29.9 Å². The maximum Gasteiger partial charge on any atom is 0.191 e. The molecule has 0 aromatic heterocycles. The SMILES string of the molecule is C=CCN=C(NCC)NC(C)CCCN(CC)CC.I. The molecule has 4 nitrogen and oxygen atoms in total. The van der Waals surface area contributed by atoms with Crippen LogP contribution in [0.2, 0.25) is 0 Å². The number of hydrogen-bond acceptors (Lipinski definition) is 2. The lowest BCUT2D eigenvalue weighted by atomic mass is 10.2. The topological polar surface area (TPSA) is 39.7 Å². The Hall–Kier alpha value is -0.300. The van der Waals surface area contributed by atoms with Crippen LogP contribution < -0.4 is 10.6 Å². The summed E-state index contributed by atoms with van der Waals surface area (Å²) in [5.74, 6) is 0.887. The molecule has 5 heteroatoms. The Morgan fingerprint density at radius 2 is 1.95 bits per heavy atom. The van der Waals surface area contributed by atoms with Crippen LogP contribution in [0.5, 0.6) is 0 Å². The Labute approximate surface area is 142 Å². The van der Waals surface area contributed by atoms with Gasteiger partial charge in [-0.3, -0.25) is 0 Å². The molecular formula is C15H33IN4. The quantitative estimate of drug-likeness (QED) is 0.258. The molecule has 0 rings (SSSR count). The molecule has 120 valence electrons. The fourth-order valence-corrected chi connectivity index (χ4v) is 1.94. The van der Waals surface area contributed by atoms with Gasteiger partial charge in [-0.1, -0.05) is 19.9 Å². The molecule has 2 N–H and O–H groups in total. The van der Waals surface area contributed by atoms with Crippen LogP contribution in [0, 0.1) is 0 Å². The second-order valence-electron chi connectivity index (χ2n) is 4.72. The fraction of sp³-hybridized carbons (Fsp3) is 0.800. The molecule has 0 radical (unpaired) electrons. The third-order valence-corrected chi connectivity index (χ3v) is 3.11. The Bertz CT molecular complexity index is 252. The fourth-order valence-electron chi connectivity index (χ4n) is 1.94. The zero-order valence-corrected chi connectivity index (χ0v) is 15.9. The molecule has 0 aromatic carbocycles. The number of aliphatic imine (C=N–C) groups is 1. The van der Waals surface area contributed by atoms with Crippen molar-refractivity contribution < 1.29 is 0 Å². The van der Waals surface area contributed by atoms with Crippen LogP contribution in [0.3, 0.4) is 0 Å². The van der Waals surface area contributed by atoms with Gasteiger partial charge in [0.05, 0.1) is 6.54 Å². The van der Waals surface area contributed by atoms with E-state index in [9.17, 15) is 0 Å². The molecule has 1 unspecified atom stereocenters. The van der Waals surface area contributed by atoms with Gasteiger partial charge < -0.3 is 15.5 Å². The summed E-state index contributed by atoms with van der Waals surface area (Å²) < 4.78 is 0. The van der Waals surface area contributed by atoms with Crippen LogP contribution in [0.1, 0.15) is 40.5 Å². The average molecular weight is 396 g/mol. The Morgan fingerprint density at radius 3 is 2.45 bits per heavy atom. The minimum Gasteiger partial charge on any atom is -0.357 e. The highest BCUT2D eigenvalue weighted by Gasteiger charge is 2.06. The van der Waals surface area contributed by atoms with E-state index in [4.69, 9.17) is 0 Å². The van der Waals surface area contributed by atoms with Crippen molar-refractivity contribution in [3.63, 3.8) is 0 Å². The van der Waals surface area contributed by atoms with E-state index in [-0.39, 0.29) is 24.0 Å². The molecular weight excluding hydrogens is 363 g/mol. The Balaban J connectivity index is 0. The first-order chi connectivity index (χ1) is 9.17. The van der Waals surface area contributed by atoms with Gasteiger partial charge in [0.25, 0.3) is 0 Å². The van der Waals surface area contributed by atoms with Gasteiger partial charge in [0.2, 0.25) is 0 Å². The third-order valence-electron chi connectivity index (χ3n) is 3.11. The average Bonchev–Trinajstić information content (AvgIpc) is 2.41. The van der Waals surface area contributed by atoms with Gasteiger partial charge in [0.1, 0.15) is 0 Å². The minimum absolute atomic E-state index is 0. The summed E-state index contributed by atoms with van der Waals surface area (Å²) in [7, 11) is 0. The van der Waals surface area contributed by atoms with Gasteiger partial charge in [-0.25, -0.2) is 4.99 Å². The van der Waals surface area contributed by atoms with E-state index in [2.05, 4.69) is 54.8 Å². The lowest BCUT2D eigenvalue weighted by Gasteiger charge is -2.21. The molecule has 0 saturated heterocycles. The van der Waals surface area contributed by atoms with E-state index in [1.807, 2.05) is 6.08 Å². The molecule has 1 atom stereocenters. The summed E-state index contributed by atoms with van der Waals surface area (Å²) >= 11 is 0. The first kappa shape index (κ1) is 22.0. The largest absolute Gasteiger partial charge is 0.357 e. The number of guanidine groups is 1. The van der Waals surface area contributed by atoms with E-state index in [1.165, 1.54) is 13.0 Å². The maximum absolute atomic E-state index is 4.41.